The lowest BCUT2D eigenvalue weighted by Crippen LogP contribution is -2.33. The number of carbonyl (C=O) groups is 1. The molecule has 0 aromatic heterocycles. The van der Waals surface area contributed by atoms with Gasteiger partial charge in [0.05, 0.1) is 23.2 Å². The molecule has 6 heteroatoms. The van der Waals surface area contributed by atoms with Crippen LogP contribution in [0.4, 0.5) is 0 Å². The maximum Gasteiger partial charge on any atom is 0.322 e. The first-order valence-corrected chi connectivity index (χ1v) is 6.43. The van der Waals surface area contributed by atoms with Crippen LogP contribution >= 0.6 is 31.9 Å². The highest BCUT2D eigenvalue weighted by Gasteiger charge is 2.16. The summed E-state index contributed by atoms with van der Waals surface area (Å²) in [6.07, 6.45) is 0.411. The summed E-state index contributed by atoms with van der Waals surface area (Å²) in [7, 11) is 2.91. The van der Waals surface area contributed by atoms with Crippen molar-refractivity contribution in [3.05, 3.63) is 26.6 Å². The molecule has 17 heavy (non-hydrogen) atoms. The van der Waals surface area contributed by atoms with Crippen molar-refractivity contribution in [1.29, 1.82) is 0 Å². The zero-order chi connectivity index (χ0) is 13.0. The molecule has 0 radical (unpaired) electrons. The monoisotopic (exact) mass is 365 g/mol. The molecule has 0 spiro atoms. The maximum atomic E-state index is 11.2. The fraction of sp³-hybridized carbons (Fsp3) is 0.364. The van der Waals surface area contributed by atoms with E-state index in [9.17, 15) is 4.79 Å². The minimum atomic E-state index is -0.660. The van der Waals surface area contributed by atoms with Crippen LogP contribution in [0.3, 0.4) is 0 Å². The molecule has 94 valence electrons. The molecule has 0 saturated heterocycles. The summed E-state index contributed by atoms with van der Waals surface area (Å²) in [4.78, 5) is 11.2. The van der Waals surface area contributed by atoms with E-state index in [-0.39, 0.29) is 0 Å². The van der Waals surface area contributed by atoms with E-state index in [1.807, 2.05) is 12.1 Å². The van der Waals surface area contributed by atoms with Crippen LogP contribution in [0.25, 0.3) is 0 Å². The van der Waals surface area contributed by atoms with E-state index in [1.165, 1.54) is 7.11 Å². The number of halogens is 2. The van der Waals surface area contributed by atoms with E-state index in [4.69, 9.17) is 10.5 Å². The summed E-state index contributed by atoms with van der Waals surface area (Å²) in [5, 5.41) is 0. The number of hydrogen-bond acceptors (Lipinski definition) is 4. The topological polar surface area (TPSA) is 61.5 Å². The first kappa shape index (κ1) is 14.5. The molecule has 0 unspecified atom stereocenters. The molecule has 0 amide bonds. The van der Waals surface area contributed by atoms with Crippen molar-refractivity contribution < 1.29 is 14.3 Å². The summed E-state index contributed by atoms with van der Waals surface area (Å²) in [5.74, 6) is 0.286. The van der Waals surface area contributed by atoms with Gasteiger partial charge in [-0.2, -0.15) is 0 Å². The predicted octanol–water partition coefficient (Wildman–Crippen LogP) is 2.26. The van der Waals surface area contributed by atoms with Gasteiger partial charge in [-0.1, -0.05) is 0 Å². The summed E-state index contributed by atoms with van der Waals surface area (Å²) >= 11 is 6.78. The van der Waals surface area contributed by atoms with Gasteiger partial charge in [0.2, 0.25) is 0 Å². The molecule has 1 aromatic carbocycles. The van der Waals surface area contributed by atoms with Crippen LogP contribution in [0.5, 0.6) is 5.75 Å². The quantitative estimate of drug-likeness (QED) is 0.830. The first-order chi connectivity index (χ1) is 7.99. The van der Waals surface area contributed by atoms with E-state index in [2.05, 4.69) is 36.6 Å². The molecule has 0 fully saturated rings. The Hall–Kier alpha value is -0.590. The van der Waals surface area contributed by atoms with Crippen molar-refractivity contribution in [2.45, 2.75) is 12.5 Å². The first-order valence-electron chi connectivity index (χ1n) is 4.85. The van der Waals surface area contributed by atoms with Crippen LogP contribution in [0, 0.1) is 0 Å². The van der Waals surface area contributed by atoms with Crippen molar-refractivity contribution in [3.63, 3.8) is 0 Å². The molecular weight excluding hydrogens is 354 g/mol. The van der Waals surface area contributed by atoms with Gasteiger partial charge in [-0.05, 0) is 56.0 Å². The molecule has 0 aliphatic heterocycles. The van der Waals surface area contributed by atoms with Crippen molar-refractivity contribution in [3.8, 4) is 5.75 Å². The van der Waals surface area contributed by atoms with E-state index in [0.717, 1.165) is 14.5 Å². The SMILES string of the molecule is COC(=O)[C@H](N)Cc1cc(Br)c(OC)c(Br)c1. The van der Waals surface area contributed by atoms with Gasteiger partial charge in [-0.15, -0.1) is 0 Å². The Morgan fingerprint density at radius 1 is 1.35 bits per heavy atom. The number of ether oxygens (including phenoxy) is 2. The second kappa shape index (κ2) is 6.37. The molecule has 0 bridgehead atoms. The third-order valence-corrected chi connectivity index (χ3v) is 3.40. The Balaban J connectivity index is 2.90. The predicted molar refractivity (Wildman–Crippen MR) is 72.1 cm³/mol. The molecule has 1 aromatic rings. The van der Waals surface area contributed by atoms with E-state index in [0.29, 0.717) is 12.2 Å². The van der Waals surface area contributed by atoms with Crippen LogP contribution in [-0.2, 0) is 16.0 Å². The van der Waals surface area contributed by atoms with Gasteiger partial charge in [0, 0.05) is 0 Å². The van der Waals surface area contributed by atoms with Crippen LogP contribution < -0.4 is 10.5 Å². The summed E-state index contributed by atoms with van der Waals surface area (Å²) in [5.41, 5.74) is 6.61. The second-order valence-electron chi connectivity index (χ2n) is 3.43. The molecule has 0 aliphatic rings. The van der Waals surface area contributed by atoms with Crippen LogP contribution in [-0.4, -0.2) is 26.2 Å². The number of benzene rings is 1. The van der Waals surface area contributed by atoms with Gasteiger partial charge < -0.3 is 15.2 Å². The van der Waals surface area contributed by atoms with Crippen molar-refractivity contribution in [1.82, 2.24) is 0 Å². The highest BCUT2D eigenvalue weighted by molar-refractivity contribution is 9.11. The average molecular weight is 367 g/mol. The maximum absolute atomic E-state index is 11.2. The van der Waals surface area contributed by atoms with Gasteiger partial charge >= 0.3 is 5.97 Å². The lowest BCUT2D eigenvalue weighted by atomic mass is 10.1. The Labute approximate surface area is 117 Å². The van der Waals surface area contributed by atoms with Crippen molar-refractivity contribution >= 4 is 37.8 Å². The molecule has 1 atom stereocenters. The highest BCUT2D eigenvalue weighted by Crippen LogP contribution is 2.34. The zero-order valence-electron chi connectivity index (χ0n) is 9.50. The van der Waals surface area contributed by atoms with Gasteiger partial charge in [-0.3, -0.25) is 4.79 Å². The number of methoxy groups -OCH3 is 2. The number of esters is 1. The fourth-order valence-electron chi connectivity index (χ4n) is 1.41. The summed E-state index contributed by atoms with van der Waals surface area (Å²) in [6, 6.07) is 3.07. The Kier molecular flexibility index (Phi) is 5.42. The summed E-state index contributed by atoms with van der Waals surface area (Å²) < 4.78 is 11.4. The van der Waals surface area contributed by atoms with E-state index in [1.54, 1.807) is 7.11 Å². The molecule has 4 nitrogen and oxygen atoms in total. The molecule has 0 aliphatic carbocycles. The minimum Gasteiger partial charge on any atom is -0.494 e. The van der Waals surface area contributed by atoms with E-state index >= 15 is 0 Å². The Morgan fingerprint density at radius 3 is 2.29 bits per heavy atom. The van der Waals surface area contributed by atoms with Crippen LogP contribution in [0.15, 0.2) is 21.1 Å². The molecule has 0 heterocycles. The Bertz CT molecular complexity index is 400. The molecular formula is C11H13Br2NO3. The lowest BCUT2D eigenvalue weighted by molar-refractivity contribution is -0.142. The van der Waals surface area contributed by atoms with Crippen molar-refractivity contribution in [2.24, 2.45) is 5.73 Å². The third kappa shape index (κ3) is 3.69. The van der Waals surface area contributed by atoms with Crippen LogP contribution in [0.1, 0.15) is 5.56 Å². The molecule has 0 saturated carbocycles. The average Bonchev–Trinajstić information content (AvgIpc) is 2.27. The molecule has 2 N–H and O–H groups in total. The van der Waals surface area contributed by atoms with Gasteiger partial charge in [0.1, 0.15) is 11.8 Å². The van der Waals surface area contributed by atoms with Crippen molar-refractivity contribution in [2.75, 3.05) is 14.2 Å². The highest BCUT2D eigenvalue weighted by atomic mass is 79.9. The summed E-state index contributed by atoms with van der Waals surface area (Å²) in [6.45, 7) is 0. The van der Waals surface area contributed by atoms with E-state index < -0.39 is 12.0 Å². The standard InChI is InChI=1S/C11H13Br2NO3/c1-16-10-7(12)3-6(4-8(10)13)5-9(14)11(15)17-2/h3-4,9H,5,14H2,1-2H3/t9-/m1/s1. The Morgan fingerprint density at radius 2 is 1.88 bits per heavy atom. The zero-order valence-corrected chi connectivity index (χ0v) is 12.7. The lowest BCUT2D eigenvalue weighted by Gasteiger charge is -2.12. The number of carbonyl (C=O) groups excluding carboxylic acids is 1. The normalized spacial score (nSPS) is 12.1. The van der Waals surface area contributed by atoms with Gasteiger partial charge in [0.15, 0.2) is 0 Å². The second-order valence-corrected chi connectivity index (χ2v) is 5.14. The minimum absolute atomic E-state index is 0.411. The largest absolute Gasteiger partial charge is 0.494 e. The number of nitrogens with two attached hydrogens (primary N) is 1. The fourth-order valence-corrected chi connectivity index (χ4v) is 3.02. The van der Waals surface area contributed by atoms with Gasteiger partial charge in [0.25, 0.3) is 0 Å². The number of rotatable bonds is 4. The van der Waals surface area contributed by atoms with Gasteiger partial charge in [-0.25, -0.2) is 0 Å². The van der Waals surface area contributed by atoms with Crippen LogP contribution in [0.2, 0.25) is 0 Å². The third-order valence-electron chi connectivity index (χ3n) is 2.22. The smallest absolute Gasteiger partial charge is 0.322 e. The molecule has 1 rings (SSSR count). The number of hydrogen-bond donors (Lipinski definition) is 1.